The van der Waals surface area contributed by atoms with Gasteiger partial charge in [-0.1, -0.05) is 6.07 Å². The molecule has 0 saturated heterocycles. The third-order valence-electron chi connectivity index (χ3n) is 1.15. The SMILES string of the molecule is O=C(Cl)NSc1c(F)cccc1I. The van der Waals surface area contributed by atoms with Crippen molar-refractivity contribution in [3.05, 3.63) is 27.6 Å². The average Bonchev–Trinajstić information content (AvgIpc) is 2.03. The van der Waals surface area contributed by atoms with Crippen LogP contribution in [0.1, 0.15) is 0 Å². The van der Waals surface area contributed by atoms with E-state index in [9.17, 15) is 9.18 Å². The fourth-order valence-corrected chi connectivity index (χ4v) is 2.10. The first-order valence-electron chi connectivity index (χ1n) is 3.17. The van der Waals surface area contributed by atoms with Crippen molar-refractivity contribution < 1.29 is 9.18 Å². The molecule has 0 aromatic heterocycles. The Labute approximate surface area is 97.5 Å². The summed E-state index contributed by atoms with van der Waals surface area (Å²) >= 11 is 7.88. The van der Waals surface area contributed by atoms with Gasteiger partial charge >= 0.3 is 5.37 Å². The maximum absolute atomic E-state index is 13.1. The minimum atomic E-state index is -0.718. The van der Waals surface area contributed by atoms with Crippen molar-refractivity contribution in [2.75, 3.05) is 0 Å². The van der Waals surface area contributed by atoms with Crippen molar-refractivity contribution >= 4 is 51.5 Å². The molecule has 1 aromatic rings. The standard InChI is InChI=1S/C7H4ClFINOS/c8-7(12)11-13-6-4(9)2-1-3-5(6)10/h1-3H,(H,11,12). The Morgan fingerprint density at radius 1 is 1.62 bits per heavy atom. The van der Waals surface area contributed by atoms with Gasteiger partial charge in [0.2, 0.25) is 0 Å². The molecule has 0 aliphatic heterocycles. The van der Waals surface area contributed by atoms with E-state index in [-0.39, 0.29) is 5.82 Å². The highest BCUT2D eigenvalue weighted by Gasteiger charge is 2.07. The van der Waals surface area contributed by atoms with E-state index in [2.05, 4.69) is 4.72 Å². The van der Waals surface area contributed by atoms with Crippen molar-refractivity contribution in [3.63, 3.8) is 0 Å². The van der Waals surface area contributed by atoms with Gasteiger partial charge < -0.3 is 0 Å². The first kappa shape index (κ1) is 11.1. The molecular formula is C7H4ClFINOS. The van der Waals surface area contributed by atoms with E-state index in [4.69, 9.17) is 11.6 Å². The number of amides is 1. The molecule has 0 saturated carbocycles. The van der Waals surface area contributed by atoms with Crippen LogP contribution in [-0.2, 0) is 0 Å². The number of hydrogen-bond acceptors (Lipinski definition) is 2. The van der Waals surface area contributed by atoms with Gasteiger partial charge in [0.25, 0.3) is 0 Å². The second kappa shape index (κ2) is 5.02. The zero-order chi connectivity index (χ0) is 9.84. The van der Waals surface area contributed by atoms with Crippen LogP contribution in [0.3, 0.4) is 0 Å². The topological polar surface area (TPSA) is 29.1 Å². The molecular weight excluding hydrogens is 328 g/mol. The molecule has 1 amide bonds. The number of hydrogen-bond donors (Lipinski definition) is 1. The Morgan fingerprint density at radius 2 is 2.31 bits per heavy atom. The summed E-state index contributed by atoms with van der Waals surface area (Å²) in [5.41, 5.74) is 0. The third kappa shape index (κ3) is 3.32. The minimum Gasteiger partial charge on any atom is -0.282 e. The Kier molecular flexibility index (Phi) is 4.27. The Bertz CT molecular complexity index is 316. The molecule has 70 valence electrons. The van der Waals surface area contributed by atoms with Gasteiger partial charge in [0.05, 0.1) is 4.90 Å². The van der Waals surface area contributed by atoms with E-state index in [1.807, 2.05) is 22.6 Å². The monoisotopic (exact) mass is 331 g/mol. The Balaban J connectivity index is 2.81. The van der Waals surface area contributed by atoms with E-state index in [1.54, 1.807) is 12.1 Å². The maximum Gasteiger partial charge on any atom is 0.323 e. The molecule has 0 aliphatic rings. The zero-order valence-electron chi connectivity index (χ0n) is 6.18. The van der Waals surface area contributed by atoms with Crippen molar-refractivity contribution in [1.29, 1.82) is 0 Å². The van der Waals surface area contributed by atoms with E-state index < -0.39 is 5.37 Å². The van der Waals surface area contributed by atoms with Crippen molar-refractivity contribution in [2.45, 2.75) is 4.90 Å². The lowest BCUT2D eigenvalue weighted by atomic mass is 10.3. The van der Waals surface area contributed by atoms with E-state index in [0.29, 0.717) is 4.90 Å². The van der Waals surface area contributed by atoms with Crippen LogP contribution < -0.4 is 4.72 Å². The summed E-state index contributed by atoms with van der Waals surface area (Å²) in [6, 6.07) is 4.67. The van der Waals surface area contributed by atoms with Crippen molar-refractivity contribution in [3.8, 4) is 0 Å². The summed E-state index contributed by atoms with van der Waals surface area (Å²) in [6.07, 6.45) is 0. The van der Waals surface area contributed by atoms with Gasteiger partial charge in [-0.25, -0.2) is 4.39 Å². The number of rotatable bonds is 2. The minimum absolute atomic E-state index is 0.372. The second-order valence-electron chi connectivity index (χ2n) is 2.03. The summed E-state index contributed by atoms with van der Waals surface area (Å²) in [4.78, 5) is 10.7. The summed E-state index contributed by atoms with van der Waals surface area (Å²) in [5, 5.41) is -0.718. The van der Waals surface area contributed by atoms with Crippen molar-refractivity contribution in [2.24, 2.45) is 0 Å². The predicted octanol–water partition coefficient (Wildman–Crippen LogP) is 3.39. The summed E-state index contributed by atoms with van der Waals surface area (Å²) < 4.78 is 16.1. The molecule has 0 spiro atoms. The van der Waals surface area contributed by atoms with Crippen LogP contribution in [0.15, 0.2) is 23.1 Å². The molecule has 6 heteroatoms. The van der Waals surface area contributed by atoms with Crippen molar-refractivity contribution in [1.82, 2.24) is 4.72 Å². The van der Waals surface area contributed by atoms with Gasteiger partial charge in [0, 0.05) is 3.57 Å². The second-order valence-corrected chi connectivity index (χ2v) is 4.35. The molecule has 1 rings (SSSR count). The molecule has 0 bridgehead atoms. The predicted molar refractivity (Wildman–Crippen MR) is 59.4 cm³/mol. The highest BCUT2D eigenvalue weighted by molar-refractivity contribution is 14.1. The van der Waals surface area contributed by atoms with Gasteiger partial charge in [-0.05, 0) is 58.3 Å². The van der Waals surface area contributed by atoms with Crippen LogP contribution in [-0.4, -0.2) is 5.37 Å². The van der Waals surface area contributed by atoms with Crippen LogP contribution in [0.2, 0.25) is 0 Å². The van der Waals surface area contributed by atoms with E-state index >= 15 is 0 Å². The normalized spacial score (nSPS) is 9.77. The molecule has 0 fully saturated rings. The molecule has 0 atom stereocenters. The average molecular weight is 332 g/mol. The number of halogens is 3. The summed E-state index contributed by atoms with van der Waals surface area (Å²) in [5.74, 6) is -0.373. The van der Waals surface area contributed by atoms with Gasteiger partial charge in [-0.15, -0.1) is 0 Å². The largest absolute Gasteiger partial charge is 0.323 e. The number of nitrogens with one attached hydrogen (secondary N) is 1. The van der Waals surface area contributed by atoms with E-state index in [0.717, 1.165) is 15.5 Å². The molecule has 13 heavy (non-hydrogen) atoms. The van der Waals surface area contributed by atoms with Gasteiger partial charge in [-0.2, -0.15) is 0 Å². The van der Waals surface area contributed by atoms with Crippen LogP contribution in [0.4, 0.5) is 9.18 Å². The molecule has 2 nitrogen and oxygen atoms in total. The first-order valence-corrected chi connectivity index (χ1v) is 5.45. The molecule has 0 aliphatic carbocycles. The van der Waals surface area contributed by atoms with Crippen LogP contribution in [0, 0.1) is 9.39 Å². The van der Waals surface area contributed by atoms with Crippen LogP contribution >= 0.6 is 46.1 Å². The Hall–Kier alpha value is -0.0100. The summed E-state index contributed by atoms with van der Waals surface area (Å²) in [6.45, 7) is 0. The lowest BCUT2D eigenvalue weighted by molar-refractivity contribution is 0.264. The van der Waals surface area contributed by atoms with E-state index in [1.165, 1.54) is 6.07 Å². The fourth-order valence-electron chi connectivity index (χ4n) is 0.671. The fraction of sp³-hybridized carbons (Fsp3) is 0. The van der Waals surface area contributed by atoms with Gasteiger partial charge in [-0.3, -0.25) is 9.52 Å². The molecule has 0 heterocycles. The lowest BCUT2D eigenvalue weighted by Crippen LogP contribution is -2.06. The van der Waals surface area contributed by atoms with Gasteiger partial charge in [0.1, 0.15) is 5.82 Å². The molecule has 1 N–H and O–H groups in total. The summed E-state index contributed by atoms with van der Waals surface area (Å²) in [7, 11) is 0. The van der Waals surface area contributed by atoms with Crippen LogP contribution in [0.25, 0.3) is 0 Å². The molecule has 1 aromatic carbocycles. The number of benzene rings is 1. The highest BCUT2D eigenvalue weighted by atomic mass is 127. The quantitative estimate of drug-likeness (QED) is 0.389. The maximum atomic E-state index is 13.1. The zero-order valence-corrected chi connectivity index (χ0v) is 9.91. The first-order chi connectivity index (χ1) is 6.11. The number of carbonyl (C=O) groups is 1. The molecule has 0 radical (unpaired) electrons. The Morgan fingerprint density at radius 3 is 2.85 bits per heavy atom. The third-order valence-corrected chi connectivity index (χ3v) is 3.53. The number of carbonyl (C=O) groups excluding carboxylic acids is 1. The van der Waals surface area contributed by atoms with Crippen LogP contribution in [0.5, 0.6) is 0 Å². The van der Waals surface area contributed by atoms with Gasteiger partial charge in [0.15, 0.2) is 0 Å². The highest BCUT2D eigenvalue weighted by Crippen LogP contribution is 2.25. The lowest BCUT2D eigenvalue weighted by Gasteiger charge is -2.03. The molecule has 0 unspecified atom stereocenters. The smallest absolute Gasteiger partial charge is 0.282 e.